The molecule has 0 saturated carbocycles. The Labute approximate surface area is 113 Å². The Bertz CT molecular complexity index is 656. The SMILES string of the molecule is CNC(c1ccc(S(C)(=O)=O)cc1)c1ccc(C)o1. The predicted molar refractivity (Wildman–Crippen MR) is 73.9 cm³/mol. The number of rotatable bonds is 4. The lowest BCUT2D eigenvalue weighted by atomic mass is 10.1. The molecule has 0 fully saturated rings. The smallest absolute Gasteiger partial charge is 0.175 e. The Hall–Kier alpha value is -1.59. The minimum atomic E-state index is -3.16. The molecular weight excluding hydrogens is 262 g/mol. The molecule has 5 heteroatoms. The molecule has 1 aromatic heterocycles. The molecule has 1 N–H and O–H groups in total. The van der Waals surface area contributed by atoms with Crippen molar-refractivity contribution in [3.05, 3.63) is 53.5 Å². The highest BCUT2D eigenvalue weighted by Crippen LogP contribution is 2.24. The van der Waals surface area contributed by atoms with E-state index in [1.54, 1.807) is 24.3 Å². The molecule has 1 aromatic carbocycles. The summed E-state index contributed by atoms with van der Waals surface area (Å²) in [4.78, 5) is 0.321. The quantitative estimate of drug-likeness (QED) is 0.933. The van der Waals surface area contributed by atoms with E-state index < -0.39 is 9.84 Å². The molecule has 0 spiro atoms. The van der Waals surface area contributed by atoms with Crippen LogP contribution in [0.1, 0.15) is 23.1 Å². The van der Waals surface area contributed by atoms with Crippen molar-refractivity contribution in [2.24, 2.45) is 0 Å². The van der Waals surface area contributed by atoms with Crippen molar-refractivity contribution in [3.8, 4) is 0 Å². The number of hydrogen-bond donors (Lipinski definition) is 1. The summed E-state index contributed by atoms with van der Waals surface area (Å²) in [5, 5.41) is 3.16. The number of nitrogens with one attached hydrogen (secondary N) is 1. The van der Waals surface area contributed by atoms with Crippen LogP contribution in [0.15, 0.2) is 45.7 Å². The van der Waals surface area contributed by atoms with Crippen molar-refractivity contribution in [3.63, 3.8) is 0 Å². The summed E-state index contributed by atoms with van der Waals surface area (Å²) in [6, 6.07) is 10.6. The van der Waals surface area contributed by atoms with Gasteiger partial charge >= 0.3 is 0 Å². The molecule has 2 rings (SSSR count). The molecule has 0 bridgehead atoms. The van der Waals surface area contributed by atoms with E-state index in [1.807, 2.05) is 26.1 Å². The summed E-state index contributed by atoms with van der Waals surface area (Å²) >= 11 is 0. The van der Waals surface area contributed by atoms with Crippen molar-refractivity contribution in [2.45, 2.75) is 17.9 Å². The zero-order valence-electron chi connectivity index (χ0n) is 11.2. The van der Waals surface area contributed by atoms with Crippen molar-refractivity contribution in [1.29, 1.82) is 0 Å². The second-order valence-corrected chi connectivity index (χ2v) is 6.53. The monoisotopic (exact) mass is 279 g/mol. The Morgan fingerprint density at radius 3 is 2.16 bits per heavy atom. The normalized spacial score (nSPS) is 13.4. The van der Waals surface area contributed by atoms with E-state index in [0.717, 1.165) is 17.1 Å². The van der Waals surface area contributed by atoms with Gasteiger partial charge < -0.3 is 9.73 Å². The molecule has 102 valence electrons. The van der Waals surface area contributed by atoms with Crippen molar-refractivity contribution < 1.29 is 12.8 Å². The molecule has 0 aliphatic rings. The van der Waals surface area contributed by atoms with Crippen LogP contribution in [0.25, 0.3) is 0 Å². The van der Waals surface area contributed by atoms with Crippen molar-refractivity contribution in [1.82, 2.24) is 5.32 Å². The van der Waals surface area contributed by atoms with Gasteiger partial charge in [-0.05, 0) is 43.8 Å². The van der Waals surface area contributed by atoms with Gasteiger partial charge in [0.2, 0.25) is 0 Å². The summed E-state index contributed by atoms with van der Waals surface area (Å²) in [5.74, 6) is 1.66. The van der Waals surface area contributed by atoms with Crippen LogP contribution >= 0.6 is 0 Å². The molecule has 0 aliphatic heterocycles. The van der Waals surface area contributed by atoms with Crippen molar-refractivity contribution in [2.75, 3.05) is 13.3 Å². The first-order valence-corrected chi connectivity index (χ1v) is 7.84. The molecule has 1 heterocycles. The van der Waals surface area contributed by atoms with E-state index >= 15 is 0 Å². The highest BCUT2D eigenvalue weighted by molar-refractivity contribution is 7.90. The third-order valence-corrected chi connectivity index (χ3v) is 4.10. The van der Waals surface area contributed by atoms with Gasteiger partial charge in [-0.15, -0.1) is 0 Å². The van der Waals surface area contributed by atoms with Gasteiger partial charge in [0.25, 0.3) is 0 Å². The number of sulfone groups is 1. The Balaban J connectivity index is 2.35. The topological polar surface area (TPSA) is 59.3 Å². The van der Waals surface area contributed by atoms with Crippen LogP contribution in [0.3, 0.4) is 0 Å². The number of benzene rings is 1. The molecular formula is C14H17NO3S. The van der Waals surface area contributed by atoms with Gasteiger partial charge in [0.15, 0.2) is 9.84 Å². The van der Waals surface area contributed by atoms with Crippen LogP contribution in [0.5, 0.6) is 0 Å². The molecule has 0 saturated heterocycles. The van der Waals surface area contributed by atoms with Gasteiger partial charge in [0, 0.05) is 6.26 Å². The third kappa shape index (κ3) is 3.05. The summed E-state index contributed by atoms with van der Waals surface area (Å²) in [6.07, 6.45) is 1.20. The minimum absolute atomic E-state index is 0.0812. The summed E-state index contributed by atoms with van der Waals surface area (Å²) in [6.45, 7) is 1.89. The maximum atomic E-state index is 11.4. The molecule has 1 unspecified atom stereocenters. The van der Waals surface area contributed by atoms with E-state index in [1.165, 1.54) is 6.26 Å². The highest BCUT2D eigenvalue weighted by Gasteiger charge is 2.16. The largest absolute Gasteiger partial charge is 0.464 e. The van der Waals surface area contributed by atoms with Crippen molar-refractivity contribution >= 4 is 9.84 Å². The second kappa shape index (κ2) is 5.19. The van der Waals surface area contributed by atoms with E-state index in [0.29, 0.717) is 4.90 Å². The average molecular weight is 279 g/mol. The molecule has 1 atom stereocenters. The Morgan fingerprint density at radius 2 is 1.74 bits per heavy atom. The number of furan rings is 1. The fraction of sp³-hybridized carbons (Fsp3) is 0.286. The van der Waals surface area contributed by atoms with Gasteiger partial charge in [0.05, 0.1) is 10.9 Å². The fourth-order valence-electron chi connectivity index (χ4n) is 1.99. The van der Waals surface area contributed by atoms with E-state index in [2.05, 4.69) is 5.32 Å². The fourth-order valence-corrected chi connectivity index (χ4v) is 2.62. The first-order valence-electron chi connectivity index (χ1n) is 5.95. The second-order valence-electron chi connectivity index (χ2n) is 4.51. The summed E-state index contributed by atoms with van der Waals surface area (Å²) < 4.78 is 28.5. The first-order chi connectivity index (χ1) is 8.91. The Morgan fingerprint density at radius 1 is 1.11 bits per heavy atom. The number of aryl methyl sites for hydroxylation is 1. The van der Waals surface area contributed by atoms with Crippen LogP contribution in [0.4, 0.5) is 0 Å². The predicted octanol–water partition coefficient (Wildman–Crippen LogP) is 2.30. The average Bonchev–Trinajstić information content (AvgIpc) is 2.76. The summed E-state index contributed by atoms with van der Waals surface area (Å²) in [7, 11) is -1.32. The number of hydrogen-bond acceptors (Lipinski definition) is 4. The van der Waals surface area contributed by atoms with Crippen LogP contribution in [-0.2, 0) is 9.84 Å². The molecule has 2 aromatic rings. The lowest BCUT2D eigenvalue weighted by Crippen LogP contribution is -2.17. The lowest BCUT2D eigenvalue weighted by molar-refractivity contribution is 0.444. The maximum Gasteiger partial charge on any atom is 0.175 e. The van der Waals surface area contributed by atoms with Gasteiger partial charge in [-0.25, -0.2) is 8.42 Å². The molecule has 0 amide bonds. The zero-order valence-corrected chi connectivity index (χ0v) is 12.0. The first kappa shape index (κ1) is 13.8. The molecule has 0 aliphatic carbocycles. The van der Waals surface area contributed by atoms with Gasteiger partial charge in [-0.3, -0.25) is 0 Å². The lowest BCUT2D eigenvalue weighted by Gasteiger charge is -2.14. The molecule has 0 radical (unpaired) electrons. The van der Waals surface area contributed by atoms with Crippen LogP contribution < -0.4 is 5.32 Å². The zero-order chi connectivity index (χ0) is 14.0. The van der Waals surface area contributed by atoms with E-state index in [-0.39, 0.29) is 6.04 Å². The van der Waals surface area contributed by atoms with Crippen LogP contribution in [0, 0.1) is 6.92 Å². The van der Waals surface area contributed by atoms with E-state index in [9.17, 15) is 8.42 Å². The molecule has 4 nitrogen and oxygen atoms in total. The van der Waals surface area contributed by atoms with Crippen LogP contribution in [0.2, 0.25) is 0 Å². The minimum Gasteiger partial charge on any atom is -0.464 e. The van der Waals surface area contributed by atoms with Crippen LogP contribution in [-0.4, -0.2) is 21.7 Å². The third-order valence-electron chi connectivity index (χ3n) is 2.98. The van der Waals surface area contributed by atoms with Gasteiger partial charge in [-0.1, -0.05) is 12.1 Å². The summed E-state index contributed by atoms with van der Waals surface area (Å²) in [5.41, 5.74) is 0.962. The van der Waals surface area contributed by atoms with Gasteiger partial charge in [-0.2, -0.15) is 0 Å². The van der Waals surface area contributed by atoms with Gasteiger partial charge in [0.1, 0.15) is 11.5 Å². The maximum absolute atomic E-state index is 11.4. The Kier molecular flexibility index (Phi) is 3.78. The van der Waals surface area contributed by atoms with E-state index in [4.69, 9.17) is 4.42 Å². The highest BCUT2D eigenvalue weighted by atomic mass is 32.2. The standard InChI is InChI=1S/C14H17NO3S/c1-10-4-9-13(18-10)14(15-2)11-5-7-12(8-6-11)19(3,16)17/h4-9,14-15H,1-3H3. The molecule has 19 heavy (non-hydrogen) atoms.